The summed E-state index contributed by atoms with van der Waals surface area (Å²) in [6.07, 6.45) is 1.01. The van der Waals surface area contributed by atoms with Crippen LogP contribution < -0.4 is 10.5 Å². The molecule has 2 aromatic carbocycles. The second-order valence-electron chi connectivity index (χ2n) is 7.39. The Balaban J connectivity index is 1.54. The van der Waals surface area contributed by atoms with Gasteiger partial charge >= 0.3 is 0 Å². The van der Waals surface area contributed by atoms with Crippen molar-refractivity contribution in [2.45, 2.75) is 30.8 Å². The maximum atomic E-state index is 12.7. The Morgan fingerprint density at radius 1 is 1.03 bits per heavy atom. The Morgan fingerprint density at radius 3 is 2.38 bits per heavy atom. The first-order valence-corrected chi connectivity index (χ1v) is 11.3. The maximum Gasteiger partial charge on any atom is 0.241 e. The van der Waals surface area contributed by atoms with E-state index in [1.165, 1.54) is 17.7 Å². The van der Waals surface area contributed by atoms with Crippen molar-refractivity contribution in [3.63, 3.8) is 0 Å². The lowest BCUT2D eigenvalue weighted by molar-refractivity contribution is -0.120. The first-order valence-electron chi connectivity index (χ1n) is 9.77. The molecule has 0 radical (unpaired) electrons. The van der Waals surface area contributed by atoms with Crippen LogP contribution in [0.25, 0.3) is 0 Å². The van der Waals surface area contributed by atoms with E-state index in [4.69, 9.17) is 5.14 Å². The molecule has 0 aromatic heterocycles. The monoisotopic (exact) mass is 416 g/mol. The van der Waals surface area contributed by atoms with Gasteiger partial charge < -0.3 is 5.32 Å². The van der Waals surface area contributed by atoms with E-state index in [-0.39, 0.29) is 16.8 Å². The second-order valence-corrected chi connectivity index (χ2v) is 8.95. The van der Waals surface area contributed by atoms with Crippen LogP contribution in [0.3, 0.4) is 0 Å². The van der Waals surface area contributed by atoms with Crippen LogP contribution in [-0.2, 0) is 21.4 Å². The molecule has 3 rings (SSSR count). The highest BCUT2D eigenvalue weighted by molar-refractivity contribution is 7.89. The smallest absolute Gasteiger partial charge is 0.241 e. The highest BCUT2D eigenvalue weighted by Crippen LogP contribution is 2.15. The van der Waals surface area contributed by atoms with Gasteiger partial charge in [0.15, 0.2) is 0 Å². The third-order valence-corrected chi connectivity index (χ3v) is 6.18. The molecule has 0 spiro atoms. The van der Waals surface area contributed by atoms with Gasteiger partial charge in [0.25, 0.3) is 0 Å². The number of nitrogens with zero attached hydrogens (tertiary/aromatic N) is 2. The van der Waals surface area contributed by atoms with Crippen LogP contribution in [0, 0.1) is 0 Å². The largest absolute Gasteiger partial charge is 0.325 e. The van der Waals surface area contributed by atoms with E-state index in [2.05, 4.69) is 39.4 Å². The number of primary sulfonamides is 1. The van der Waals surface area contributed by atoms with Crippen molar-refractivity contribution in [2.24, 2.45) is 5.14 Å². The molecule has 0 aliphatic carbocycles. The van der Waals surface area contributed by atoms with Gasteiger partial charge in [0.2, 0.25) is 15.9 Å². The molecule has 1 saturated heterocycles. The molecular formula is C21H28N4O3S. The van der Waals surface area contributed by atoms with Crippen LogP contribution in [0.2, 0.25) is 0 Å². The van der Waals surface area contributed by atoms with Gasteiger partial charge in [-0.1, -0.05) is 30.3 Å². The molecule has 1 fully saturated rings. The molecular weight excluding hydrogens is 388 g/mol. The molecule has 156 valence electrons. The lowest BCUT2D eigenvalue weighted by atomic mass is 10.2. The number of benzene rings is 2. The second kappa shape index (κ2) is 9.49. The Kier molecular flexibility index (Phi) is 7.02. The van der Waals surface area contributed by atoms with Crippen molar-refractivity contribution in [2.75, 3.05) is 31.5 Å². The number of carbonyl (C=O) groups is 1. The molecule has 8 heteroatoms. The topological polar surface area (TPSA) is 95.7 Å². The van der Waals surface area contributed by atoms with Gasteiger partial charge in [-0.2, -0.15) is 0 Å². The molecule has 3 N–H and O–H groups in total. The fourth-order valence-corrected chi connectivity index (χ4v) is 4.03. The van der Waals surface area contributed by atoms with Crippen LogP contribution in [0.15, 0.2) is 59.5 Å². The third-order valence-electron chi connectivity index (χ3n) is 5.25. The number of anilines is 1. The average molecular weight is 417 g/mol. The maximum absolute atomic E-state index is 12.7. The third kappa shape index (κ3) is 6.11. The lowest BCUT2D eigenvalue weighted by Crippen LogP contribution is -2.43. The van der Waals surface area contributed by atoms with Gasteiger partial charge in [0.1, 0.15) is 0 Å². The summed E-state index contributed by atoms with van der Waals surface area (Å²) in [5, 5.41) is 7.96. The van der Waals surface area contributed by atoms with E-state index in [0.717, 1.165) is 39.1 Å². The summed E-state index contributed by atoms with van der Waals surface area (Å²) in [5.41, 5.74) is 1.85. The van der Waals surface area contributed by atoms with Gasteiger partial charge in [-0.15, -0.1) is 0 Å². The molecule has 0 saturated carbocycles. The van der Waals surface area contributed by atoms with Crippen molar-refractivity contribution in [3.05, 3.63) is 60.2 Å². The molecule has 1 unspecified atom stereocenters. The van der Waals surface area contributed by atoms with Gasteiger partial charge in [0.05, 0.1) is 10.9 Å². The fourth-order valence-electron chi connectivity index (χ4n) is 3.52. The number of amides is 1. The summed E-state index contributed by atoms with van der Waals surface area (Å²) in [6, 6.07) is 16.0. The fraction of sp³-hybridized carbons (Fsp3) is 0.381. The zero-order chi connectivity index (χ0) is 20.9. The van der Waals surface area contributed by atoms with Gasteiger partial charge in [-0.05, 0) is 49.7 Å². The Labute approximate surface area is 172 Å². The minimum atomic E-state index is -3.74. The van der Waals surface area contributed by atoms with Gasteiger partial charge in [0, 0.05) is 31.9 Å². The molecule has 7 nitrogen and oxygen atoms in total. The molecule has 1 atom stereocenters. The highest BCUT2D eigenvalue weighted by Gasteiger charge is 2.24. The van der Waals surface area contributed by atoms with Gasteiger partial charge in [-0.25, -0.2) is 13.6 Å². The summed E-state index contributed by atoms with van der Waals surface area (Å²) in [7, 11) is -3.74. The number of nitrogens with one attached hydrogen (secondary N) is 1. The van der Waals surface area contributed by atoms with Crippen LogP contribution in [0.5, 0.6) is 0 Å². The van der Waals surface area contributed by atoms with Crippen LogP contribution in [-0.4, -0.2) is 56.3 Å². The first kappa shape index (κ1) is 21.4. The minimum Gasteiger partial charge on any atom is -0.325 e. The summed E-state index contributed by atoms with van der Waals surface area (Å²) >= 11 is 0. The quantitative estimate of drug-likeness (QED) is 0.750. The lowest BCUT2D eigenvalue weighted by Gasteiger charge is -2.27. The number of nitrogens with two attached hydrogens (primary N) is 1. The zero-order valence-electron chi connectivity index (χ0n) is 16.6. The van der Waals surface area contributed by atoms with Crippen molar-refractivity contribution < 1.29 is 13.2 Å². The van der Waals surface area contributed by atoms with Gasteiger partial charge in [-0.3, -0.25) is 14.6 Å². The van der Waals surface area contributed by atoms with E-state index < -0.39 is 10.0 Å². The number of hydrogen-bond donors (Lipinski definition) is 2. The van der Waals surface area contributed by atoms with Crippen molar-refractivity contribution >= 4 is 21.6 Å². The molecule has 1 aliphatic heterocycles. The van der Waals surface area contributed by atoms with E-state index in [0.29, 0.717) is 5.69 Å². The highest BCUT2D eigenvalue weighted by atomic mass is 32.2. The molecule has 1 heterocycles. The van der Waals surface area contributed by atoms with Crippen LogP contribution >= 0.6 is 0 Å². The molecule has 2 aromatic rings. The Bertz CT molecular complexity index is 917. The Morgan fingerprint density at radius 2 is 1.72 bits per heavy atom. The minimum absolute atomic E-state index is 0.0228. The SMILES string of the molecule is CC(C(=O)Nc1ccc(S(N)(=O)=O)cc1)N1CCCN(Cc2ccccc2)CC1. The van der Waals surface area contributed by atoms with Crippen molar-refractivity contribution in [3.8, 4) is 0 Å². The van der Waals surface area contributed by atoms with Crippen molar-refractivity contribution in [1.82, 2.24) is 9.80 Å². The van der Waals surface area contributed by atoms with Crippen LogP contribution in [0.4, 0.5) is 5.69 Å². The molecule has 29 heavy (non-hydrogen) atoms. The van der Waals surface area contributed by atoms with E-state index >= 15 is 0 Å². The number of sulfonamides is 1. The first-order chi connectivity index (χ1) is 13.8. The number of hydrogen-bond acceptors (Lipinski definition) is 5. The summed E-state index contributed by atoms with van der Waals surface area (Å²) in [4.78, 5) is 17.3. The number of carbonyl (C=O) groups excluding carboxylic acids is 1. The van der Waals surface area contributed by atoms with E-state index in [1.54, 1.807) is 12.1 Å². The molecule has 0 bridgehead atoms. The number of rotatable bonds is 6. The predicted octanol–water partition coefficient (Wildman–Crippen LogP) is 1.87. The average Bonchev–Trinajstić information content (AvgIpc) is 2.93. The van der Waals surface area contributed by atoms with Crippen molar-refractivity contribution in [1.29, 1.82) is 0 Å². The van der Waals surface area contributed by atoms with E-state index in [1.807, 2.05) is 13.0 Å². The molecule has 1 aliphatic rings. The predicted molar refractivity (Wildman–Crippen MR) is 114 cm³/mol. The Hall–Kier alpha value is -2.26. The zero-order valence-corrected chi connectivity index (χ0v) is 17.4. The normalized spacial score (nSPS) is 17.4. The standard InChI is InChI=1S/C21H28N4O3S/c1-17(21(26)23-19-8-10-20(11-9-19)29(22,27)28)25-13-5-12-24(14-15-25)16-18-6-3-2-4-7-18/h2-4,6-11,17H,5,12-16H2,1H3,(H,23,26)(H2,22,27,28). The van der Waals surface area contributed by atoms with Crippen LogP contribution in [0.1, 0.15) is 18.9 Å². The summed E-state index contributed by atoms with van der Waals surface area (Å²) < 4.78 is 22.7. The molecule has 1 amide bonds. The van der Waals surface area contributed by atoms with E-state index in [9.17, 15) is 13.2 Å². The summed E-state index contributed by atoms with van der Waals surface area (Å²) in [6.45, 7) is 6.44. The summed E-state index contributed by atoms with van der Waals surface area (Å²) in [5.74, 6) is -0.107.